The highest BCUT2D eigenvalue weighted by Gasteiger charge is 2.43. The molecule has 10 nitrogen and oxygen atoms in total. The predicted molar refractivity (Wildman–Crippen MR) is 142 cm³/mol. The second kappa shape index (κ2) is 10.7. The van der Waals surface area contributed by atoms with Gasteiger partial charge < -0.3 is 30.5 Å². The molecule has 4 amide bonds. The summed E-state index contributed by atoms with van der Waals surface area (Å²) in [6.07, 6.45) is 1.22. The molecular weight excluding hydrogens is 510 g/mol. The second-order valence-corrected chi connectivity index (χ2v) is 9.98. The van der Waals surface area contributed by atoms with E-state index >= 15 is 0 Å². The zero-order valence-corrected chi connectivity index (χ0v) is 21.3. The van der Waals surface area contributed by atoms with Crippen molar-refractivity contribution in [3.05, 3.63) is 64.8 Å². The molecule has 0 radical (unpaired) electrons. The number of carboxylic acid groups (broad SMARTS) is 1. The Morgan fingerprint density at radius 2 is 1.87 bits per heavy atom. The first-order chi connectivity index (χ1) is 18.3. The molecule has 3 heterocycles. The predicted octanol–water partition coefficient (Wildman–Crippen LogP) is 3.36. The first-order valence-corrected chi connectivity index (χ1v) is 12.9. The molecule has 0 bridgehead atoms. The zero-order chi connectivity index (χ0) is 26.8. The SMILES string of the molecule is O=C(O)CCNC(=O)[C@@H]1CCCN1C(=O)[C@H]1Cc2c([nH]c3ccccc23)CN1C(=O)Nc1cccc(Cl)c1. The van der Waals surface area contributed by atoms with E-state index in [1.807, 2.05) is 24.3 Å². The lowest BCUT2D eigenvalue weighted by Crippen LogP contribution is -2.57. The number of nitrogens with zero attached hydrogens (tertiary/aromatic N) is 2. The maximum absolute atomic E-state index is 14.0. The van der Waals surface area contributed by atoms with Crippen LogP contribution in [0.15, 0.2) is 48.5 Å². The molecule has 2 aromatic carbocycles. The van der Waals surface area contributed by atoms with E-state index in [9.17, 15) is 19.2 Å². The van der Waals surface area contributed by atoms with Crippen molar-refractivity contribution in [1.29, 1.82) is 0 Å². The Bertz CT molecular complexity index is 1410. The number of para-hydroxylation sites is 1. The van der Waals surface area contributed by atoms with Gasteiger partial charge in [-0.2, -0.15) is 0 Å². The van der Waals surface area contributed by atoms with E-state index in [2.05, 4.69) is 15.6 Å². The third-order valence-electron chi connectivity index (χ3n) is 7.10. The minimum atomic E-state index is -1.01. The van der Waals surface area contributed by atoms with Gasteiger partial charge in [0.1, 0.15) is 12.1 Å². The lowest BCUT2D eigenvalue weighted by atomic mass is 9.95. The largest absolute Gasteiger partial charge is 0.481 e. The van der Waals surface area contributed by atoms with Gasteiger partial charge in [0, 0.05) is 46.8 Å². The number of aromatic amines is 1. The number of anilines is 1. The number of aliphatic carboxylic acids is 1. The second-order valence-electron chi connectivity index (χ2n) is 9.54. The summed E-state index contributed by atoms with van der Waals surface area (Å²) in [6, 6.07) is 12.6. The Balaban J connectivity index is 1.42. The molecule has 3 aromatic rings. The third-order valence-corrected chi connectivity index (χ3v) is 7.34. The van der Waals surface area contributed by atoms with Crippen molar-refractivity contribution in [2.75, 3.05) is 18.4 Å². The summed E-state index contributed by atoms with van der Waals surface area (Å²) < 4.78 is 0. The Morgan fingerprint density at radius 3 is 2.66 bits per heavy atom. The molecule has 1 aromatic heterocycles. The molecule has 5 rings (SSSR count). The van der Waals surface area contributed by atoms with Gasteiger partial charge in [0.25, 0.3) is 0 Å². The number of hydrogen-bond donors (Lipinski definition) is 4. The van der Waals surface area contributed by atoms with Gasteiger partial charge in [0.15, 0.2) is 0 Å². The Morgan fingerprint density at radius 1 is 1.05 bits per heavy atom. The molecule has 0 spiro atoms. The van der Waals surface area contributed by atoms with Gasteiger partial charge >= 0.3 is 12.0 Å². The monoisotopic (exact) mass is 537 g/mol. The van der Waals surface area contributed by atoms with Crippen LogP contribution in [-0.2, 0) is 27.3 Å². The van der Waals surface area contributed by atoms with Gasteiger partial charge in [-0.15, -0.1) is 0 Å². The number of likely N-dealkylation sites (tertiary alicyclic amines) is 1. The molecule has 2 atom stereocenters. The van der Waals surface area contributed by atoms with Crippen LogP contribution in [0, 0.1) is 0 Å². The van der Waals surface area contributed by atoms with Crippen LogP contribution in [0.3, 0.4) is 0 Å². The molecule has 4 N–H and O–H groups in total. The van der Waals surface area contributed by atoms with E-state index in [1.165, 1.54) is 9.80 Å². The quantitative estimate of drug-likeness (QED) is 0.382. The number of amides is 4. The highest BCUT2D eigenvalue weighted by atomic mass is 35.5. The summed E-state index contributed by atoms with van der Waals surface area (Å²) in [5.74, 6) is -1.70. The van der Waals surface area contributed by atoms with Crippen molar-refractivity contribution in [2.45, 2.75) is 44.3 Å². The zero-order valence-electron chi connectivity index (χ0n) is 20.6. The van der Waals surface area contributed by atoms with Crippen molar-refractivity contribution in [1.82, 2.24) is 20.1 Å². The molecule has 0 saturated carbocycles. The first-order valence-electron chi connectivity index (χ1n) is 12.5. The molecule has 1 fully saturated rings. The van der Waals surface area contributed by atoms with Crippen LogP contribution < -0.4 is 10.6 Å². The Hall–Kier alpha value is -4.05. The Labute approximate surface area is 223 Å². The highest BCUT2D eigenvalue weighted by Crippen LogP contribution is 2.32. The van der Waals surface area contributed by atoms with Crippen LogP contribution in [0.25, 0.3) is 10.9 Å². The van der Waals surface area contributed by atoms with Crippen molar-refractivity contribution in [3.63, 3.8) is 0 Å². The summed E-state index contributed by atoms with van der Waals surface area (Å²) in [5.41, 5.74) is 3.28. The number of nitrogens with one attached hydrogen (secondary N) is 3. The summed E-state index contributed by atoms with van der Waals surface area (Å²) in [6.45, 7) is 0.565. The number of carbonyl (C=O) groups is 4. The van der Waals surface area contributed by atoms with Gasteiger partial charge in [-0.1, -0.05) is 35.9 Å². The molecular formula is C27H28ClN5O5. The molecule has 0 unspecified atom stereocenters. The third kappa shape index (κ3) is 5.17. The fourth-order valence-electron chi connectivity index (χ4n) is 5.31. The number of carboxylic acids is 1. The fourth-order valence-corrected chi connectivity index (χ4v) is 5.50. The van der Waals surface area contributed by atoms with Crippen LogP contribution >= 0.6 is 11.6 Å². The van der Waals surface area contributed by atoms with Crippen molar-refractivity contribution < 1.29 is 24.3 Å². The van der Waals surface area contributed by atoms with Crippen LogP contribution in [0.5, 0.6) is 0 Å². The van der Waals surface area contributed by atoms with Crippen molar-refractivity contribution in [3.8, 4) is 0 Å². The van der Waals surface area contributed by atoms with Crippen LogP contribution in [-0.4, -0.2) is 68.9 Å². The lowest BCUT2D eigenvalue weighted by molar-refractivity contribution is -0.142. The number of benzene rings is 2. The van der Waals surface area contributed by atoms with Crippen molar-refractivity contribution in [2.24, 2.45) is 0 Å². The summed E-state index contributed by atoms with van der Waals surface area (Å²) in [7, 11) is 0. The normalized spacial score (nSPS) is 18.8. The number of hydrogen-bond acceptors (Lipinski definition) is 4. The maximum Gasteiger partial charge on any atom is 0.322 e. The average Bonchev–Trinajstić information content (AvgIpc) is 3.52. The fraction of sp³-hybridized carbons (Fsp3) is 0.333. The number of fused-ring (bicyclic) bond motifs is 3. The van der Waals surface area contributed by atoms with Crippen LogP contribution in [0.1, 0.15) is 30.5 Å². The van der Waals surface area contributed by atoms with E-state index in [-0.39, 0.29) is 31.3 Å². The molecule has 2 aliphatic rings. The smallest absolute Gasteiger partial charge is 0.322 e. The molecule has 198 valence electrons. The lowest BCUT2D eigenvalue weighted by Gasteiger charge is -2.38. The maximum atomic E-state index is 14.0. The number of aromatic nitrogens is 1. The number of carbonyl (C=O) groups excluding carboxylic acids is 3. The topological polar surface area (TPSA) is 135 Å². The van der Waals surface area contributed by atoms with E-state index in [0.29, 0.717) is 36.5 Å². The van der Waals surface area contributed by atoms with Gasteiger partial charge in [0.2, 0.25) is 11.8 Å². The summed E-state index contributed by atoms with van der Waals surface area (Å²) >= 11 is 6.09. The summed E-state index contributed by atoms with van der Waals surface area (Å²) in [4.78, 5) is 57.6. The highest BCUT2D eigenvalue weighted by molar-refractivity contribution is 6.30. The number of rotatable bonds is 6. The van der Waals surface area contributed by atoms with Crippen molar-refractivity contribution >= 4 is 52.0 Å². The summed E-state index contributed by atoms with van der Waals surface area (Å²) in [5, 5.41) is 15.8. The number of H-pyrrole nitrogens is 1. The van der Waals surface area contributed by atoms with Gasteiger partial charge in [-0.3, -0.25) is 14.4 Å². The first kappa shape index (κ1) is 25.6. The molecule has 0 aliphatic carbocycles. The van der Waals surface area contributed by atoms with Crippen LogP contribution in [0.4, 0.5) is 10.5 Å². The van der Waals surface area contributed by atoms with E-state index in [0.717, 1.165) is 22.2 Å². The van der Waals surface area contributed by atoms with Gasteiger partial charge in [-0.05, 0) is 42.7 Å². The average molecular weight is 538 g/mol. The minimum Gasteiger partial charge on any atom is -0.481 e. The standard InChI is InChI=1S/C27H28ClN5O5/c28-16-5-3-6-17(13-16)30-27(38)33-15-21-19(18-7-1-2-8-20(18)31-21)14-23(33)26(37)32-12-4-9-22(32)25(36)29-11-10-24(34)35/h1-3,5-8,13,22-23,31H,4,9-12,14-15H2,(H,29,36)(H,30,38)(H,34,35)/t22-,23+/m0/s1. The number of urea groups is 1. The minimum absolute atomic E-state index is 0.0109. The Kier molecular flexibility index (Phi) is 7.24. The van der Waals surface area contributed by atoms with Crippen LogP contribution in [0.2, 0.25) is 5.02 Å². The van der Waals surface area contributed by atoms with E-state index in [1.54, 1.807) is 24.3 Å². The van der Waals surface area contributed by atoms with E-state index in [4.69, 9.17) is 16.7 Å². The molecule has 2 aliphatic heterocycles. The van der Waals surface area contributed by atoms with Gasteiger partial charge in [0.05, 0.1) is 13.0 Å². The molecule has 11 heteroatoms. The van der Waals surface area contributed by atoms with E-state index < -0.39 is 24.1 Å². The number of halogens is 1. The van der Waals surface area contributed by atoms with Gasteiger partial charge in [-0.25, -0.2) is 4.79 Å². The molecule has 38 heavy (non-hydrogen) atoms. The molecule has 1 saturated heterocycles.